The van der Waals surface area contributed by atoms with Crippen molar-refractivity contribution in [1.29, 1.82) is 0 Å². The summed E-state index contributed by atoms with van der Waals surface area (Å²) < 4.78 is 147. The first-order valence-corrected chi connectivity index (χ1v) is 14.4. The van der Waals surface area contributed by atoms with Crippen LogP contribution in [-0.2, 0) is 0 Å². The maximum atomic E-state index is 9.46. The van der Waals surface area contributed by atoms with Crippen molar-refractivity contribution in [3.8, 4) is 22.3 Å². The fraction of sp³-hybridized carbons (Fsp3) is 0. The number of benzene rings is 8. The predicted molar refractivity (Wildman–Crippen MR) is 194 cm³/mol. The Balaban J connectivity index is 1.40. The van der Waals surface area contributed by atoms with Crippen molar-refractivity contribution >= 4 is 60.5 Å². The number of nitrogens with zero attached hydrogens (tertiary/aromatic N) is 1. The standard InChI is InChI=1S/C44H29NO/c1-2-11-30(12-3-1)31-23-26-35(27-24-31)45(41-21-9-15-32-13-4-6-18-37(32)41)36-17-8-16-34(29-36)38-20-10-22-42-43(38)40-28-25-33-14-5-7-19-39(33)44(40)46-42/h1-29H/i1D,2D,3D,4D,6D,9D,11D,12D,13D,15D,18D,21D,23D,24D,26D,27D. The molecule has 0 spiro atoms. The van der Waals surface area contributed by atoms with Crippen LogP contribution in [0.25, 0.3) is 65.7 Å². The fourth-order valence-corrected chi connectivity index (χ4v) is 5.86. The molecule has 0 saturated heterocycles. The average Bonchev–Trinajstić information content (AvgIpc) is 3.67. The highest BCUT2D eigenvalue weighted by molar-refractivity contribution is 6.19. The lowest BCUT2D eigenvalue weighted by Crippen LogP contribution is -2.10. The Morgan fingerprint density at radius 2 is 1.26 bits per heavy atom. The number of hydrogen-bond donors (Lipinski definition) is 0. The predicted octanol–water partition coefficient (Wildman–Crippen LogP) is 12.7. The summed E-state index contributed by atoms with van der Waals surface area (Å²) in [5.74, 6) is 0. The molecule has 0 atom stereocenters. The zero-order valence-electron chi connectivity index (χ0n) is 39.9. The van der Waals surface area contributed by atoms with E-state index in [4.69, 9.17) is 19.5 Å². The molecule has 1 aromatic heterocycles. The van der Waals surface area contributed by atoms with E-state index in [0.717, 1.165) is 26.4 Å². The van der Waals surface area contributed by atoms with E-state index in [1.807, 2.05) is 48.5 Å². The normalized spacial score (nSPS) is 16.3. The summed E-state index contributed by atoms with van der Waals surface area (Å²) in [5, 5.41) is 2.61. The summed E-state index contributed by atoms with van der Waals surface area (Å²) in [6.45, 7) is 0. The highest BCUT2D eigenvalue weighted by Gasteiger charge is 2.18. The molecule has 8 aromatic carbocycles. The molecular weight excluding hydrogens is 558 g/mol. The molecule has 0 bridgehead atoms. The molecule has 216 valence electrons. The maximum absolute atomic E-state index is 9.46. The molecule has 9 rings (SSSR count). The van der Waals surface area contributed by atoms with Crippen molar-refractivity contribution in [1.82, 2.24) is 0 Å². The first-order chi connectivity index (χ1) is 29.5. The Morgan fingerprint density at radius 3 is 2.17 bits per heavy atom. The molecule has 0 aliphatic rings. The highest BCUT2D eigenvalue weighted by Crippen LogP contribution is 2.43. The van der Waals surface area contributed by atoms with Gasteiger partial charge in [0.1, 0.15) is 11.2 Å². The van der Waals surface area contributed by atoms with E-state index in [1.165, 1.54) is 6.07 Å². The van der Waals surface area contributed by atoms with Gasteiger partial charge in [-0.3, -0.25) is 0 Å². The van der Waals surface area contributed by atoms with Crippen molar-refractivity contribution in [2.75, 3.05) is 4.90 Å². The van der Waals surface area contributed by atoms with Gasteiger partial charge in [0.15, 0.2) is 0 Å². The average molecular weight is 604 g/mol. The highest BCUT2D eigenvalue weighted by atomic mass is 16.3. The summed E-state index contributed by atoms with van der Waals surface area (Å²) in [5.41, 5.74) is 0.341. The van der Waals surface area contributed by atoms with Gasteiger partial charge in [-0.2, -0.15) is 0 Å². The van der Waals surface area contributed by atoms with Crippen LogP contribution in [0.2, 0.25) is 0 Å². The Labute approximate surface area is 289 Å². The third-order valence-corrected chi connectivity index (χ3v) is 7.90. The Bertz CT molecular complexity index is 3390. The van der Waals surface area contributed by atoms with Crippen molar-refractivity contribution in [2.45, 2.75) is 0 Å². The van der Waals surface area contributed by atoms with Crippen LogP contribution in [0.1, 0.15) is 21.9 Å². The summed E-state index contributed by atoms with van der Waals surface area (Å²) in [6.07, 6.45) is 0. The molecule has 2 heteroatoms. The molecule has 0 amide bonds. The van der Waals surface area contributed by atoms with Crippen LogP contribution in [0, 0.1) is 0 Å². The number of fused-ring (bicyclic) bond motifs is 6. The summed E-state index contributed by atoms with van der Waals surface area (Å²) in [6, 6.07) is 11.8. The largest absolute Gasteiger partial charge is 0.455 e. The molecule has 0 aliphatic heterocycles. The second-order valence-electron chi connectivity index (χ2n) is 10.5. The van der Waals surface area contributed by atoms with Crippen molar-refractivity contribution in [3.63, 3.8) is 0 Å². The quantitative estimate of drug-likeness (QED) is 0.195. The van der Waals surface area contributed by atoms with Crippen molar-refractivity contribution in [3.05, 3.63) is 176 Å². The van der Waals surface area contributed by atoms with Crippen LogP contribution >= 0.6 is 0 Å². The summed E-state index contributed by atoms with van der Waals surface area (Å²) in [4.78, 5) is 1.10. The van der Waals surface area contributed by atoms with Gasteiger partial charge in [-0.15, -0.1) is 0 Å². The van der Waals surface area contributed by atoms with Crippen LogP contribution < -0.4 is 4.90 Å². The fourth-order valence-electron chi connectivity index (χ4n) is 5.86. The smallest absolute Gasteiger partial charge is 0.143 e. The SMILES string of the molecule is [2H]c1c([2H])c([2H])c(-c2c([2H])c([2H])c(N(c3cccc(-c4cccc5oc6c7ccccc7ccc6c45)c3)c3c([2H])c([2H])c([2H])c4c([2H])c([2H])c([2H])c([2H])c34)c([2H])c2[2H])c([2H])c1[2H]. The van der Waals surface area contributed by atoms with Crippen molar-refractivity contribution in [2.24, 2.45) is 0 Å². The Morgan fingerprint density at radius 1 is 0.478 bits per heavy atom. The van der Waals surface area contributed by atoms with Gasteiger partial charge in [0.2, 0.25) is 0 Å². The zero-order chi connectivity index (χ0) is 44.4. The first kappa shape index (κ1) is 14.8. The van der Waals surface area contributed by atoms with Crippen LogP contribution in [0.5, 0.6) is 0 Å². The van der Waals surface area contributed by atoms with Gasteiger partial charge in [-0.1, -0.05) is 133 Å². The van der Waals surface area contributed by atoms with Gasteiger partial charge in [0, 0.05) is 32.9 Å². The molecule has 0 unspecified atom stereocenters. The molecule has 0 radical (unpaired) electrons. The van der Waals surface area contributed by atoms with E-state index in [0.29, 0.717) is 22.3 Å². The van der Waals surface area contributed by atoms with Crippen LogP contribution in [0.15, 0.2) is 180 Å². The number of furan rings is 1. The van der Waals surface area contributed by atoms with E-state index in [9.17, 15) is 6.85 Å². The first-order valence-electron chi connectivity index (χ1n) is 22.4. The number of anilines is 3. The second kappa shape index (κ2) is 10.8. The van der Waals surface area contributed by atoms with Gasteiger partial charge in [-0.25, -0.2) is 0 Å². The minimum Gasteiger partial charge on any atom is -0.455 e. The molecule has 9 aromatic rings. The minimum atomic E-state index is -0.816. The van der Waals surface area contributed by atoms with Crippen LogP contribution in [0.3, 0.4) is 0 Å². The topological polar surface area (TPSA) is 16.4 Å². The van der Waals surface area contributed by atoms with Gasteiger partial charge in [0.05, 0.1) is 27.6 Å². The van der Waals surface area contributed by atoms with Crippen LogP contribution in [-0.4, -0.2) is 0 Å². The van der Waals surface area contributed by atoms with E-state index < -0.39 is 130 Å². The molecule has 0 N–H and O–H groups in total. The van der Waals surface area contributed by atoms with Crippen molar-refractivity contribution < 1.29 is 26.3 Å². The van der Waals surface area contributed by atoms with Gasteiger partial charge >= 0.3 is 0 Å². The number of hydrogen-bond acceptors (Lipinski definition) is 2. The molecular formula is C44H29NO. The second-order valence-corrected chi connectivity index (χ2v) is 10.5. The van der Waals surface area contributed by atoms with Gasteiger partial charge in [-0.05, 0) is 75.4 Å². The molecule has 0 aliphatic carbocycles. The minimum absolute atomic E-state index is 0.0634. The lowest BCUT2D eigenvalue weighted by Gasteiger charge is -2.27. The monoisotopic (exact) mass is 603 g/mol. The molecule has 0 fully saturated rings. The lowest BCUT2D eigenvalue weighted by atomic mass is 9.97. The van der Waals surface area contributed by atoms with E-state index in [-0.39, 0.29) is 5.69 Å². The molecule has 2 nitrogen and oxygen atoms in total. The van der Waals surface area contributed by atoms with Gasteiger partial charge < -0.3 is 9.32 Å². The zero-order valence-corrected chi connectivity index (χ0v) is 23.9. The van der Waals surface area contributed by atoms with Gasteiger partial charge in [0.25, 0.3) is 0 Å². The van der Waals surface area contributed by atoms with E-state index in [2.05, 4.69) is 0 Å². The summed E-state index contributed by atoms with van der Waals surface area (Å²) >= 11 is 0. The molecule has 0 saturated carbocycles. The Hall–Kier alpha value is -6.12. The lowest BCUT2D eigenvalue weighted by molar-refractivity contribution is 0.673. The third kappa shape index (κ3) is 4.35. The molecule has 46 heavy (non-hydrogen) atoms. The third-order valence-electron chi connectivity index (χ3n) is 7.90. The van der Waals surface area contributed by atoms with E-state index >= 15 is 0 Å². The maximum Gasteiger partial charge on any atom is 0.143 e. The number of rotatable bonds is 5. The molecule has 1 heterocycles. The van der Waals surface area contributed by atoms with Crippen LogP contribution in [0.4, 0.5) is 17.1 Å². The summed E-state index contributed by atoms with van der Waals surface area (Å²) in [7, 11) is 0. The van der Waals surface area contributed by atoms with E-state index in [1.54, 1.807) is 24.3 Å². The Kier molecular flexibility index (Phi) is 3.47.